The highest BCUT2D eigenvalue weighted by Gasteiger charge is 1.95. The van der Waals surface area contributed by atoms with Crippen molar-refractivity contribution in [3.63, 3.8) is 0 Å². The van der Waals surface area contributed by atoms with Crippen molar-refractivity contribution in [1.82, 2.24) is 5.32 Å². The van der Waals surface area contributed by atoms with Crippen LogP contribution in [0.3, 0.4) is 0 Å². The van der Waals surface area contributed by atoms with Crippen molar-refractivity contribution in [3.05, 3.63) is 34.5 Å². The monoisotopic (exact) mass is 195 g/mol. The second kappa shape index (κ2) is 5.54. The molecule has 0 aliphatic heterocycles. The van der Waals surface area contributed by atoms with Crippen LogP contribution in [0, 0.1) is 0 Å². The Kier molecular flexibility index (Phi) is 4.26. The zero-order chi connectivity index (χ0) is 9.52. The van der Waals surface area contributed by atoms with E-state index in [4.69, 9.17) is 0 Å². The first kappa shape index (κ1) is 9.99. The molecule has 0 atom stereocenters. The van der Waals surface area contributed by atoms with Gasteiger partial charge in [0, 0.05) is 4.88 Å². The van der Waals surface area contributed by atoms with E-state index in [0.717, 1.165) is 6.42 Å². The van der Waals surface area contributed by atoms with Crippen LogP contribution >= 0.6 is 11.3 Å². The van der Waals surface area contributed by atoms with Crippen LogP contribution in [-0.2, 0) is 11.3 Å². The molecule has 13 heavy (non-hydrogen) atoms. The molecule has 0 bridgehead atoms. The molecular weight excluding hydrogens is 182 g/mol. The number of rotatable bonds is 4. The van der Waals surface area contributed by atoms with Crippen LogP contribution in [0.1, 0.15) is 18.2 Å². The van der Waals surface area contributed by atoms with Gasteiger partial charge in [-0.1, -0.05) is 19.1 Å². The molecule has 1 aromatic heterocycles. The van der Waals surface area contributed by atoms with Gasteiger partial charge >= 0.3 is 0 Å². The molecule has 0 radical (unpaired) electrons. The molecule has 1 amide bonds. The van der Waals surface area contributed by atoms with E-state index in [1.165, 1.54) is 4.88 Å². The lowest BCUT2D eigenvalue weighted by atomic mass is 10.4. The number of hydrogen-bond acceptors (Lipinski definition) is 2. The van der Waals surface area contributed by atoms with E-state index in [0.29, 0.717) is 6.54 Å². The molecule has 0 saturated heterocycles. The second-order valence-electron chi connectivity index (χ2n) is 2.61. The summed E-state index contributed by atoms with van der Waals surface area (Å²) in [4.78, 5) is 12.3. The van der Waals surface area contributed by atoms with Crippen LogP contribution in [0.2, 0.25) is 0 Å². The highest BCUT2D eigenvalue weighted by atomic mass is 32.1. The maximum absolute atomic E-state index is 11.1. The van der Waals surface area contributed by atoms with Gasteiger partial charge in [-0.15, -0.1) is 11.3 Å². The van der Waals surface area contributed by atoms with Crippen LogP contribution in [0.4, 0.5) is 0 Å². The summed E-state index contributed by atoms with van der Waals surface area (Å²) in [6, 6.07) is 3.99. The molecular formula is C10H13NOS. The van der Waals surface area contributed by atoms with Crippen molar-refractivity contribution in [3.8, 4) is 0 Å². The van der Waals surface area contributed by atoms with Gasteiger partial charge < -0.3 is 5.32 Å². The first-order valence-electron chi connectivity index (χ1n) is 4.29. The molecule has 1 N–H and O–H groups in total. The first-order valence-corrected chi connectivity index (χ1v) is 5.17. The lowest BCUT2D eigenvalue weighted by Gasteiger charge is -1.97. The van der Waals surface area contributed by atoms with Gasteiger partial charge in [-0.3, -0.25) is 4.79 Å². The standard InChI is InChI=1S/C10H13NOS/c1-2-3-6-10(12)11-8-9-5-4-7-13-9/h3-7H,2,8H2,1H3,(H,11,12). The zero-order valence-corrected chi connectivity index (χ0v) is 8.43. The van der Waals surface area contributed by atoms with Gasteiger partial charge in [0.25, 0.3) is 0 Å². The number of carbonyl (C=O) groups excluding carboxylic acids is 1. The van der Waals surface area contributed by atoms with Gasteiger partial charge in [-0.2, -0.15) is 0 Å². The van der Waals surface area contributed by atoms with Crippen molar-refractivity contribution >= 4 is 17.2 Å². The summed E-state index contributed by atoms with van der Waals surface area (Å²) < 4.78 is 0. The molecule has 0 fully saturated rings. The predicted octanol–water partition coefficient (Wildman–Crippen LogP) is 2.33. The van der Waals surface area contributed by atoms with Gasteiger partial charge in [-0.05, 0) is 23.9 Å². The zero-order valence-electron chi connectivity index (χ0n) is 7.62. The predicted molar refractivity (Wildman–Crippen MR) is 55.6 cm³/mol. The number of hydrogen-bond donors (Lipinski definition) is 1. The minimum Gasteiger partial charge on any atom is -0.348 e. The molecule has 0 saturated carbocycles. The van der Waals surface area contributed by atoms with E-state index in [1.807, 2.05) is 30.5 Å². The molecule has 3 heteroatoms. The molecule has 1 heterocycles. The second-order valence-corrected chi connectivity index (χ2v) is 3.64. The van der Waals surface area contributed by atoms with E-state index in [2.05, 4.69) is 5.32 Å². The normalized spacial score (nSPS) is 10.5. The molecule has 0 spiro atoms. The third kappa shape index (κ3) is 3.90. The Morgan fingerprint density at radius 1 is 1.69 bits per heavy atom. The van der Waals surface area contributed by atoms with E-state index in [9.17, 15) is 4.79 Å². The third-order valence-corrected chi connectivity index (χ3v) is 2.40. The van der Waals surface area contributed by atoms with Crippen LogP contribution in [0.5, 0.6) is 0 Å². The van der Waals surface area contributed by atoms with Gasteiger partial charge in [0.05, 0.1) is 6.54 Å². The Hall–Kier alpha value is -1.09. The molecule has 0 aliphatic rings. The Labute approximate surface area is 82.3 Å². The maximum atomic E-state index is 11.1. The quantitative estimate of drug-likeness (QED) is 0.734. The van der Waals surface area contributed by atoms with E-state index < -0.39 is 0 Å². The average molecular weight is 195 g/mol. The van der Waals surface area contributed by atoms with Crippen LogP contribution < -0.4 is 5.32 Å². The lowest BCUT2D eigenvalue weighted by Crippen LogP contribution is -2.19. The molecule has 1 rings (SSSR count). The third-order valence-electron chi connectivity index (χ3n) is 1.52. The molecule has 2 nitrogen and oxygen atoms in total. The van der Waals surface area contributed by atoms with E-state index >= 15 is 0 Å². The Bertz CT molecular complexity index is 277. The van der Waals surface area contributed by atoms with Crippen molar-refractivity contribution < 1.29 is 4.79 Å². The Morgan fingerprint density at radius 2 is 2.54 bits per heavy atom. The molecule has 0 aromatic carbocycles. The SMILES string of the molecule is CCC=CC(=O)NCc1cccs1. The molecule has 0 aliphatic carbocycles. The minimum atomic E-state index is -0.0183. The summed E-state index contributed by atoms with van der Waals surface area (Å²) in [5, 5.41) is 4.81. The Balaban J connectivity index is 2.27. The number of allylic oxidation sites excluding steroid dienone is 1. The number of amides is 1. The summed E-state index contributed by atoms with van der Waals surface area (Å²) in [6.45, 7) is 2.63. The summed E-state index contributed by atoms with van der Waals surface area (Å²) >= 11 is 1.65. The Morgan fingerprint density at radius 3 is 3.15 bits per heavy atom. The van der Waals surface area contributed by atoms with Crippen LogP contribution in [-0.4, -0.2) is 5.91 Å². The van der Waals surface area contributed by atoms with Crippen molar-refractivity contribution in [2.75, 3.05) is 0 Å². The largest absolute Gasteiger partial charge is 0.348 e. The van der Waals surface area contributed by atoms with Gasteiger partial charge in [0.15, 0.2) is 0 Å². The number of thiophene rings is 1. The summed E-state index contributed by atoms with van der Waals surface area (Å²) in [5.74, 6) is -0.0183. The fourth-order valence-corrected chi connectivity index (χ4v) is 1.52. The highest BCUT2D eigenvalue weighted by Crippen LogP contribution is 2.07. The van der Waals surface area contributed by atoms with Crippen LogP contribution in [0.15, 0.2) is 29.7 Å². The fourth-order valence-electron chi connectivity index (χ4n) is 0.871. The summed E-state index contributed by atoms with van der Waals surface area (Å²) in [6.07, 6.45) is 4.32. The fraction of sp³-hybridized carbons (Fsp3) is 0.300. The smallest absolute Gasteiger partial charge is 0.243 e. The molecule has 1 aromatic rings. The van der Waals surface area contributed by atoms with Gasteiger partial charge in [0.1, 0.15) is 0 Å². The first-order chi connectivity index (χ1) is 6.33. The maximum Gasteiger partial charge on any atom is 0.243 e. The average Bonchev–Trinajstić information content (AvgIpc) is 2.64. The van der Waals surface area contributed by atoms with Crippen molar-refractivity contribution in [2.45, 2.75) is 19.9 Å². The number of carbonyl (C=O) groups is 1. The van der Waals surface area contributed by atoms with Crippen molar-refractivity contribution in [1.29, 1.82) is 0 Å². The van der Waals surface area contributed by atoms with Gasteiger partial charge in [-0.25, -0.2) is 0 Å². The van der Waals surface area contributed by atoms with E-state index in [-0.39, 0.29) is 5.91 Å². The topological polar surface area (TPSA) is 29.1 Å². The van der Waals surface area contributed by atoms with Gasteiger partial charge in [0.2, 0.25) is 5.91 Å². The summed E-state index contributed by atoms with van der Waals surface area (Å²) in [5.41, 5.74) is 0. The van der Waals surface area contributed by atoms with Crippen LogP contribution in [0.25, 0.3) is 0 Å². The lowest BCUT2D eigenvalue weighted by molar-refractivity contribution is -0.116. The summed E-state index contributed by atoms with van der Waals surface area (Å²) in [7, 11) is 0. The number of nitrogens with one attached hydrogen (secondary N) is 1. The minimum absolute atomic E-state index is 0.0183. The molecule has 70 valence electrons. The molecule has 0 unspecified atom stereocenters. The highest BCUT2D eigenvalue weighted by molar-refractivity contribution is 7.09. The van der Waals surface area contributed by atoms with E-state index in [1.54, 1.807) is 17.4 Å². The van der Waals surface area contributed by atoms with Crippen molar-refractivity contribution in [2.24, 2.45) is 0 Å².